The molecule has 1 aliphatic carbocycles. The second kappa shape index (κ2) is 4.70. The summed E-state index contributed by atoms with van der Waals surface area (Å²) in [5.41, 5.74) is 6.11. The molecule has 0 aromatic carbocycles. The summed E-state index contributed by atoms with van der Waals surface area (Å²) in [4.78, 5) is 3.56. The van der Waals surface area contributed by atoms with E-state index in [1.54, 1.807) is 6.07 Å². The zero-order valence-electron chi connectivity index (χ0n) is 11.1. The minimum absolute atomic E-state index is 0.116. The van der Waals surface area contributed by atoms with Crippen LogP contribution in [0.25, 0.3) is 0 Å². The van der Waals surface area contributed by atoms with Gasteiger partial charge in [0.05, 0.1) is 0 Å². The number of halogens is 3. The van der Waals surface area contributed by atoms with E-state index in [1.807, 2.05) is 0 Å². The summed E-state index contributed by atoms with van der Waals surface area (Å²) in [7, 11) is 0. The predicted molar refractivity (Wildman–Crippen MR) is 68.9 cm³/mol. The minimum atomic E-state index is -4.37. The molecule has 0 bridgehead atoms. The summed E-state index contributed by atoms with van der Waals surface area (Å²) >= 11 is 0. The predicted octanol–water partition coefficient (Wildman–Crippen LogP) is 2.63. The minimum Gasteiger partial charge on any atom is -0.328 e. The molecule has 2 heterocycles. The summed E-state index contributed by atoms with van der Waals surface area (Å²) in [6, 6.07) is 3.00. The first-order valence-electron chi connectivity index (χ1n) is 6.93. The molecule has 6 heteroatoms. The van der Waals surface area contributed by atoms with Crippen LogP contribution in [0.15, 0.2) is 18.3 Å². The third-order valence-electron chi connectivity index (χ3n) is 4.71. The molecule has 1 spiro atoms. The molecule has 1 unspecified atom stereocenters. The maximum atomic E-state index is 12.5. The molecule has 0 amide bonds. The fourth-order valence-electron chi connectivity index (χ4n) is 3.39. The van der Waals surface area contributed by atoms with Crippen molar-refractivity contribution in [3.05, 3.63) is 29.6 Å². The average molecular weight is 285 g/mol. The van der Waals surface area contributed by atoms with Crippen LogP contribution in [-0.4, -0.2) is 17.6 Å². The smallest absolute Gasteiger partial charge is 0.328 e. The molecule has 3 rings (SSSR count). The number of rotatable bonds is 1. The lowest BCUT2D eigenvalue weighted by atomic mass is 9.62. The zero-order chi connectivity index (χ0) is 14.4. The van der Waals surface area contributed by atoms with Gasteiger partial charge in [-0.2, -0.15) is 13.2 Å². The van der Waals surface area contributed by atoms with E-state index in [0.717, 1.165) is 43.9 Å². The van der Waals surface area contributed by atoms with E-state index in [4.69, 9.17) is 5.73 Å². The first-order valence-corrected chi connectivity index (χ1v) is 6.93. The van der Waals surface area contributed by atoms with Crippen molar-refractivity contribution < 1.29 is 13.2 Å². The van der Waals surface area contributed by atoms with E-state index in [-0.39, 0.29) is 17.5 Å². The van der Waals surface area contributed by atoms with E-state index in [0.29, 0.717) is 0 Å². The van der Waals surface area contributed by atoms with Crippen LogP contribution in [0.1, 0.15) is 43.0 Å². The highest BCUT2D eigenvalue weighted by Crippen LogP contribution is 2.50. The topological polar surface area (TPSA) is 50.9 Å². The Morgan fingerprint density at radius 3 is 2.40 bits per heavy atom. The van der Waals surface area contributed by atoms with Crippen molar-refractivity contribution in [1.29, 1.82) is 0 Å². The van der Waals surface area contributed by atoms with Gasteiger partial charge in [-0.05, 0) is 37.3 Å². The largest absolute Gasteiger partial charge is 0.433 e. The molecule has 0 radical (unpaired) electrons. The van der Waals surface area contributed by atoms with Crippen molar-refractivity contribution in [2.24, 2.45) is 11.1 Å². The van der Waals surface area contributed by atoms with Crippen LogP contribution in [0.5, 0.6) is 0 Å². The number of aromatic nitrogens is 1. The summed E-state index contributed by atoms with van der Waals surface area (Å²) in [6.07, 6.45) is 1.04. The van der Waals surface area contributed by atoms with E-state index >= 15 is 0 Å². The van der Waals surface area contributed by atoms with Gasteiger partial charge in [-0.15, -0.1) is 0 Å². The van der Waals surface area contributed by atoms with Crippen molar-refractivity contribution in [3.63, 3.8) is 0 Å². The molecular formula is C14H18F3N3. The van der Waals surface area contributed by atoms with Crippen molar-refractivity contribution in [2.75, 3.05) is 6.54 Å². The van der Waals surface area contributed by atoms with E-state index in [1.165, 1.54) is 6.20 Å². The number of hydrogen-bond acceptors (Lipinski definition) is 3. The Bertz CT molecular complexity index is 475. The molecule has 3 nitrogen and oxygen atoms in total. The van der Waals surface area contributed by atoms with Gasteiger partial charge in [0.2, 0.25) is 0 Å². The number of alkyl halides is 3. The highest BCUT2D eigenvalue weighted by Gasteiger charge is 2.48. The quantitative estimate of drug-likeness (QED) is 0.834. The van der Waals surface area contributed by atoms with Crippen LogP contribution in [0.4, 0.5) is 13.2 Å². The molecule has 1 saturated heterocycles. The Morgan fingerprint density at radius 2 is 1.95 bits per heavy atom. The molecule has 1 aliphatic heterocycles. The van der Waals surface area contributed by atoms with Gasteiger partial charge in [-0.25, -0.2) is 0 Å². The van der Waals surface area contributed by atoms with Gasteiger partial charge in [-0.3, -0.25) is 4.98 Å². The maximum absolute atomic E-state index is 12.5. The SMILES string of the molecule is NC1CCC2(CC1)CNC2c1ccc(C(F)(F)F)nc1. The van der Waals surface area contributed by atoms with Crippen molar-refractivity contribution in [1.82, 2.24) is 10.3 Å². The van der Waals surface area contributed by atoms with Crippen LogP contribution in [-0.2, 0) is 6.18 Å². The Balaban J connectivity index is 1.77. The van der Waals surface area contributed by atoms with Gasteiger partial charge in [0.15, 0.2) is 0 Å². The monoisotopic (exact) mass is 285 g/mol. The fourth-order valence-corrected chi connectivity index (χ4v) is 3.39. The number of hydrogen-bond donors (Lipinski definition) is 2. The van der Waals surface area contributed by atoms with Gasteiger partial charge < -0.3 is 11.1 Å². The summed E-state index contributed by atoms with van der Waals surface area (Å²) in [6.45, 7) is 0.922. The summed E-state index contributed by atoms with van der Waals surface area (Å²) in [5, 5.41) is 3.33. The van der Waals surface area contributed by atoms with Gasteiger partial charge in [0, 0.05) is 30.2 Å². The van der Waals surface area contributed by atoms with Crippen LogP contribution in [0.3, 0.4) is 0 Å². The highest BCUT2D eigenvalue weighted by molar-refractivity contribution is 5.25. The normalized spacial score (nSPS) is 34.0. The van der Waals surface area contributed by atoms with Crippen molar-refractivity contribution in [2.45, 2.75) is 43.9 Å². The van der Waals surface area contributed by atoms with Crippen LogP contribution >= 0.6 is 0 Å². The highest BCUT2D eigenvalue weighted by atomic mass is 19.4. The molecule has 1 aromatic heterocycles. The maximum Gasteiger partial charge on any atom is 0.433 e. The van der Waals surface area contributed by atoms with Crippen LogP contribution < -0.4 is 11.1 Å². The number of pyridine rings is 1. The molecule has 2 fully saturated rings. The second-order valence-corrected chi connectivity index (χ2v) is 5.99. The molecular weight excluding hydrogens is 267 g/mol. The van der Waals surface area contributed by atoms with Crippen LogP contribution in [0, 0.1) is 5.41 Å². The lowest BCUT2D eigenvalue weighted by Gasteiger charge is -2.54. The third kappa shape index (κ3) is 2.31. The number of nitrogens with zero attached hydrogens (tertiary/aromatic N) is 1. The van der Waals surface area contributed by atoms with Gasteiger partial charge in [0.25, 0.3) is 0 Å². The molecule has 110 valence electrons. The Hall–Kier alpha value is -1.14. The zero-order valence-corrected chi connectivity index (χ0v) is 11.1. The van der Waals surface area contributed by atoms with Crippen molar-refractivity contribution in [3.8, 4) is 0 Å². The molecule has 1 atom stereocenters. The van der Waals surface area contributed by atoms with Crippen LogP contribution in [0.2, 0.25) is 0 Å². The summed E-state index contributed by atoms with van der Waals surface area (Å²) in [5.74, 6) is 0. The second-order valence-electron chi connectivity index (χ2n) is 5.99. The van der Waals surface area contributed by atoms with E-state index in [9.17, 15) is 13.2 Å². The number of nitrogens with two attached hydrogens (primary N) is 1. The summed E-state index contributed by atoms with van der Waals surface area (Å²) < 4.78 is 37.5. The first-order chi connectivity index (χ1) is 9.41. The van der Waals surface area contributed by atoms with E-state index in [2.05, 4.69) is 10.3 Å². The molecule has 1 aromatic rings. The fraction of sp³-hybridized carbons (Fsp3) is 0.643. The molecule has 1 saturated carbocycles. The van der Waals surface area contributed by atoms with Gasteiger partial charge in [0.1, 0.15) is 5.69 Å². The lowest BCUT2D eigenvalue weighted by molar-refractivity contribution is -0.141. The Morgan fingerprint density at radius 1 is 1.25 bits per heavy atom. The van der Waals surface area contributed by atoms with E-state index < -0.39 is 11.9 Å². The average Bonchev–Trinajstić information content (AvgIpc) is 2.38. The number of nitrogens with one attached hydrogen (secondary N) is 1. The Kier molecular flexibility index (Phi) is 3.25. The van der Waals surface area contributed by atoms with Gasteiger partial charge in [-0.1, -0.05) is 6.07 Å². The Labute approximate surface area is 115 Å². The molecule has 20 heavy (non-hydrogen) atoms. The lowest BCUT2D eigenvalue weighted by Crippen LogP contribution is -2.58. The first kappa shape index (κ1) is 13.8. The van der Waals surface area contributed by atoms with Gasteiger partial charge >= 0.3 is 6.18 Å². The van der Waals surface area contributed by atoms with Crippen molar-refractivity contribution >= 4 is 0 Å². The molecule has 3 N–H and O–H groups in total. The molecule has 2 aliphatic rings. The standard InChI is InChI=1S/C14H18F3N3/c15-14(16,17)11-2-1-9(7-19-11)12-13(8-20-12)5-3-10(18)4-6-13/h1-2,7,10,12,20H,3-6,8,18H2. The third-order valence-corrected chi connectivity index (χ3v) is 4.71.